The fourth-order valence-electron chi connectivity index (χ4n) is 2.25. The summed E-state index contributed by atoms with van der Waals surface area (Å²) in [5, 5.41) is 4.85. The monoisotopic (exact) mass is 357 g/mol. The summed E-state index contributed by atoms with van der Waals surface area (Å²) in [7, 11) is 1.81. The number of hydrogen-bond donors (Lipinski definition) is 2. The van der Waals surface area contributed by atoms with Gasteiger partial charge in [0.05, 0.1) is 19.4 Å². The molecule has 0 radical (unpaired) electrons. The fraction of sp³-hybridized carbons (Fsp3) is 0.263. The molecule has 0 atom stereocenters. The molecular weight excluding hydrogens is 334 g/mol. The number of hydrogen-bond acceptors (Lipinski definition) is 5. The summed E-state index contributed by atoms with van der Waals surface area (Å²) >= 11 is 0. The third-order valence-corrected chi connectivity index (χ3v) is 3.41. The second-order valence-corrected chi connectivity index (χ2v) is 5.73. The molecule has 0 saturated carbocycles. The van der Waals surface area contributed by atoms with Crippen molar-refractivity contribution in [2.24, 2.45) is 0 Å². The second-order valence-electron chi connectivity index (χ2n) is 5.73. The number of imide groups is 1. The van der Waals surface area contributed by atoms with Gasteiger partial charge in [0.1, 0.15) is 18.1 Å². The van der Waals surface area contributed by atoms with Crippen molar-refractivity contribution in [2.75, 3.05) is 20.2 Å². The average Bonchev–Trinajstić information content (AvgIpc) is 3.12. The Labute approximate surface area is 152 Å². The lowest BCUT2D eigenvalue weighted by Crippen LogP contribution is -2.43. The van der Waals surface area contributed by atoms with E-state index in [1.807, 2.05) is 36.2 Å². The van der Waals surface area contributed by atoms with Crippen molar-refractivity contribution in [3.8, 4) is 5.75 Å². The zero-order valence-corrected chi connectivity index (χ0v) is 14.7. The van der Waals surface area contributed by atoms with Crippen molar-refractivity contribution in [3.05, 3.63) is 66.6 Å². The molecule has 0 bridgehead atoms. The zero-order valence-electron chi connectivity index (χ0n) is 14.7. The first-order valence-corrected chi connectivity index (χ1v) is 8.18. The minimum absolute atomic E-state index is 0.100. The lowest BCUT2D eigenvalue weighted by molar-refractivity contribution is -0.120. The van der Waals surface area contributed by atoms with E-state index >= 15 is 0 Å². The number of carbonyl (C=O) groups is 2. The average molecular weight is 357 g/mol. The van der Waals surface area contributed by atoms with Crippen LogP contribution in [0.3, 0.4) is 0 Å². The molecule has 1 heterocycles. The van der Waals surface area contributed by atoms with E-state index in [1.165, 1.54) is 6.26 Å². The zero-order chi connectivity index (χ0) is 18.8. The molecule has 1 aromatic carbocycles. The van der Waals surface area contributed by atoms with Crippen LogP contribution in [0.15, 0.2) is 59.7 Å². The number of likely N-dealkylation sites (N-methyl/N-ethyl adjacent to an activating group) is 1. The summed E-state index contributed by atoms with van der Waals surface area (Å²) < 4.78 is 10.5. The summed E-state index contributed by atoms with van der Waals surface area (Å²) in [5.41, 5.74) is 1.04. The predicted octanol–water partition coefficient (Wildman–Crippen LogP) is 2.30. The van der Waals surface area contributed by atoms with Crippen molar-refractivity contribution in [2.45, 2.75) is 13.1 Å². The normalized spacial score (nSPS) is 10.4. The smallest absolute Gasteiger partial charge is 0.321 e. The van der Waals surface area contributed by atoms with Gasteiger partial charge in [0.25, 0.3) is 0 Å². The van der Waals surface area contributed by atoms with Gasteiger partial charge in [-0.2, -0.15) is 0 Å². The van der Waals surface area contributed by atoms with Crippen molar-refractivity contribution in [1.82, 2.24) is 15.5 Å². The quantitative estimate of drug-likeness (QED) is 0.673. The number of benzene rings is 1. The number of furan rings is 1. The van der Waals surface area contributed by atoms with Gasteiger partial charge in [0, 0.05) is 6.54 Å². The lowest BCUT2D eigenvalue weighted by atomic mass is 10.2. The van der Waals surface area contributed by atoms with E-state index in [4.69, 9.17) is 9.15 Å². The molecule has 0 aliphatic rings. The molecule has 0 spiro atoms. The molecule has 7 heteroatoms. The highest BCUT2D eigenvalue weighted by molar-refractivity contribution is 5.95. The van der Waals surface area contributed by atoms with Crippen LogP contribution in [0.2, 0.25) is 0 Å². The first kappa shape index (κ1) is 19.3. The molecule has 0 aliphatic carbocycles. The molecule has 0 fully saturated rings. The maximum atomic E-state index is 11.9. The van der Waals surface area contributed by atoms with Crippen LogP contribution in [0.5, 0.6) is 5.75 Å². The van der Waals surface area contributed by atoms with Gasteiger partial charge in [0.15, 0.2) is 0 Å². The van der Waals surface area contributed by atoms with Gasteiger partial charge in [-0.25, -0.2) is 4.79 Å². The Balaban J connectivity index is 1.70. The Kier molecular flexibility index (Phi) is 7.45. The van der Waals surface area contributed by atoms with E-state index in [9.17, 15) is 9.59 Å². The van der Waals surface area contributed by atoms with Gasteiger partial charge in [0.2, 0.25) is 5.91 Å². The third-order valence-electron chi connectivity index (χ3n) is 3.41. The van der Waals surface area contributed by atoms with E-state index in [2.05, 4.69) is 17.2 Å². The van der Waals surface area contributed by atoms with Gasteiger partial charge < -0.3 is 14.5 Å². The number of amides is 3. The van der Waals surface area contributed by atoms with Crippen LogP contribution in [0.1, 0.15) is 11.3 Å². The molecule has 7 nitrogen and oxygen atoms in total. The van der Waals surface area contributed by atoms with Crippen molar-refractivity contribution >= 4 is 11.9 Å². The molecule has 2 rings (SSSR count). The van der Waals surface area contributed by atoms with Crippen LogP contribution in [0, 0.1) is 0 Å². The number of nitrogens with zero attached hydrogens (tertiary/aromatic N) is 1. The van der Waals surface area contributed by atoms with Gasteiger partial charge >= 0.3 is 6.03 Å². The van der Waals surface area contributed by atoms with Crippen LogP contribution >= 0.6 is 0 Å². The molecule has 2 N–H and O–H groups in total. The molecule has 26 heavy (non-hydrogen) atoms. The van der Waals surface area contributed by atoms with E-state index in [1.54, 1.807) is 18.2 Å². The Bertz CT molecular complexity index is 711. The topological polar surface area (TPSA) is 83.8 Å². The maximum Gasteiger partial charge on any atom is 0.321 e. The highest BCUT2D eigenvalue weighted by Gasteiger charge is 2.11. The summed E-state index contributed by atoms with van der Waals surface area (Å²) in [4.78, 5) is 25.4. The van der Waals surface area contributed by atoms with Crippen LogP contribution in [0.25, 0.3) is 0 Å². The standard InChI is InChI=1S/C19H23N3O4/c1-3-10-25-16-8-6-15(7-9-16)13-22(2)14-18(23)21-19(24)20-12-17-5-4-11-26-17/h3-9,11H,1,10,12-14H2,2H3,(H2,20,21,23,24). The molecule has 1 aromatic heterocycles. The van der Waals surface area contributed by atoms with E-state index in [0.717, 1.165) is 11.3 Å². The maximum absolute atomic E-state index is 11.9. The molecule has 0 unspecified atom stereocenters. The fourth-order valence-corrected chi connectivity index (χ4v) is 2.25. The largest absolute Gasteiger partial charge is 0.490 e. The minimum Gasteiger partial charge on any atom is -0.490 e. The summed E-state index contributed by atoms with van der Waals surface area (Å²) in [5.74, 6) is 1.00. The van der Waals surface area contributed by atoms with Crippen molar-refractivity contribution in [1.29, 1.82) is 0 Å². The Morgan fingerprint density at radius 1 is 1.27 bits per heavy atom. The molecular formula is C19H23N3O4. The van der Waals surface area contributed by atoms with Gasteiger partial charge in [-0.05, 0) is 36.9 Å². The first-order valence-electron chi connectivity index (χ1n) is 8.18. The minimum atomic E-state index is -0.552. The van der Waals surface area contributed by atoms with Crippen molar-refractivity contribution < 1.29 is 18.7 Å². The number of carbonyl (C=O) groups excluding carboxylic acids is 2. The highest BCUT2D eigenvalue weighted by Crippen LogP contribution is 2.13. The van der Waals surface area contributed by atoms with Crippen LogP contribution < -0.4 is 15.4 Å². The second kappa shape index (κ2) is 10.0. The lowest BCUT2D eigenvalue weighted by Gasteiger charge is -2.16. The molecule has 138 valence electrons. The van der Waals surface area contributed by atoms with Gasteiger partial charge in [-0.1, -0.05) is 24.8 Å². The number of rotatable bonds is 9. The van der Waals surface area contributed by atoms with E-state index in [-0.39, 0.29) is 19.0 Å². The molecule has 3 amide bonds. The predicted molar refractivity (Wildman–Crippen MR) is 97.6 cm³/mol. The van der Waals surface area contributed by atoms with E-state index < -0.39 is 6.03 Å². The highest BCUT2D eigenvalue weighted by atomic mass is 16.5. The number of nitrogens with one attached hydrogen (secondary N) is 2. The Hall–Kier alpha value is -3.06. The summed E-state index contributed by atoms with van der Waals surface area (Å²) in [6.45, 7) is 4.96. The SMILES string of the molecule is C=CCOc1ccc(CN(C)CC(=O)NC(=O)NCc2ccco2)cc1. The summed E-state index contributed by atoms with van der Waals surface area (Å²) in [6, 6.07) is 10.5. The Morgan fingerprint density at radius 2 is 2.04 bits per heavy atom. The third kappa shape index (κ3) is 6.82. The number of ether oxygens (including phenoxy) is 1. The Morgan fingerprint density at radius 3 is 2.69 bits per heavy atom. The van der Waals surface area contributed by atoms with Crippen LogP contribution in [-0.2, 0) is 17.9 Å². The molecule has 0 saturated heterocycles. The molecule has 0 aliphatic heterocycles. The molecule has 2 aromatic rings. The van der Waals surface area contributed by atoms with Gasteiger partial charge in [-0.3, -0.25) is 15.0 Å². The van der Waals surface area contributed by atoms with Crippen molar-refractivity contribution in [3.63, 3.8) is 0 Å². The number of urea groups is 1. The van der Waals surface area contributed by atoms with E-state index in [0.29, 0.717) is 18.9 Å². The van der Waals surface area contributed by atoms with Crippen LogP contribution in [-0.4, -0.2) is 37.0 Å². The first-order chi connectivity index (χ1) is 12.6. The van der Waals surface area contributed by atoms with Crippen LogP contribution in [0.4, 0.5) is 4.79 Å². The van der Waals surface area contributed by atoms with Gasteiger partial charge in [-0.15, -0.1) is 0 Å². The summed E-state index contributed by atoms with van der Waals surface area (Å²) in [6.07, 6.45) is 3.21.